The molecular weight excluding hydrogens is 530 g/mol. The maximum Gasteiger partial charge on any atom is 0.270 e. The highest BCUT2D eigenvalue weighted by Gasteiger charge is 2.34. The van der Waals surface area contributed by atoms with E-state index in [0.29, 0.717) is 32.7 Å². The lowest BCUT2D eigenvalue weighted by Crippen LogP contribution is -2.48. The van der Waals surface area contributed by atoms with Gasteiger partial charge in [-0.15, -0.1) is 0 Å². The van der Waals surface area contributed by atoms with Crippen LogP contribution in [0, 0.1) is 18.3 Å². The molecule has 3 aromatic rings. The SMILES string of the molecule is CCn1c(N2CCN(Cc3ccccc3)CC2)c(C=C2SC(=S)N(Cc3ccco3)C2=O)c(C)c(C#N)c1=O. The van der Waals surface area contributed by atoms with Crippen molar-refractivity contribution in [2.75, 3.05) is 31.1 Å². The maximum absolute atomic E-state index is 13.4. The molecule has 5 rings (SSSR count). The molecule has 2 aromatic heterocycles. The molecule has 39 heavy (non-hydrogen) atoms. The monoisotopic (exact) mass is 559 g/mol. The molecule has 0 spiro atoms. The molecule has 0 saturated carbocycles. The Hall–Kier alpha value is -3.65. The van der Waals surface area contributed by atoms with Gasteiger partial charge in [0, 0.05) is 44.8 Å². The van der Waals surface area contributed by atoms with E-state index in [2.05, 4.69) is 40.1 Å². The van der Waals surface area contributed by atoms with Crippen molar-refractivity contribution < 1.29 is 9.21 Å². The van der Waals surface area contributed by atoms with Crippen molar-refractivity contribution in [1.82, 2.24) is 14.4 Å². The van der Waals surface area contributed by atoms with Crippen LogP contribution in [0.2, 0.25) is 0 Å². The summed E-state index contributed by atoms with van der Waals surface area (Å²) in [7, 11) is 0. The summed E-state index contributed by atoms with van der Waals surface area (Å²) in [4.78, 5) is 33.3. The average molecular weight is 560 g/mol. The summed E-state index contributed by atoms with van der Waals surface area (Å²) in [6, 6.07) is 16.1. The van der Waals surface area contributed by atoms with Gasteiger partial charge in [0.2, 0.25) is 0 Å². The second-order valence-electron chi connectivity index (χ2n) is 9.49. The lowest BCUT2D eigenvalue weighted by molar-refractivity contribution is -0.122. The molecule has 2 saturated heterocycles. The summed E-state index contributed by atoms with van der Waals surface area (Å²) in [6.07, 6.45) is 3.37. The van der Waals surface area contributed by atoms with Gasteiger partial charge in [0.15, 0.2) is 0 Å². The number of thiocarbonyl (C=S) groups is 1. The molecule has 2 aliphatic rings. The first-order chi connectivity index (χ1) is 18.9. The van der Waals surface area contributed by atoms with E-state index in [4.69, 9.17) is 16.6 Å². The largest absolute Gasteiger partial charge is 0.467 e. The molecule has 2 aliphatic heterocycles. The Labute approximate surface area is 237 Å². The zero-order valence-electron chi connectivity index (χ0n) is 21.9. The zero-order valence-corrected chi connectivity index (χ0v) is 23.6. The Kier molecular flexibility index (Phi) is 8.02. The van der Waals surface area contributed by atoms with Gasteiger partial charge >= 0.3 is 0 Å². The Morgan fingerprint density at radius 1 is 1.08 bits per heavy atom. The van der Waals surface area contributed by atoms with E-state index in [9.17, 15) is 14.9 Å². The van der Waals surface area contributed by atoms with Gasteiger partial charge in [0.1, 0.15) is 27.5 Å². The molecule has 8 nitrogen and oxygen atoms in total. The number of thioether (sulfide) groups is 1. The molecule has 0 bridgehead atoms. The van der Waals surface area contributed by atoms with Gasteiger partial charge in [-0.2, -0.15) is 5.26 Å². The summed E-state index contributed by atoms with van der Waals surface area (Å²) in [6.45, 7) is 8.32. The van der Waals surface area contributed by atoms with E-state index in [0.717, 1.165) is 38.5 Å². The third-order valence-electron chi connectivity index (χ3n) is 7.13. The second-order valence-corrected chi connectivity index (χ2v) is 11.2. The number of rotatable bonds is 7. The quantitative estimate of drug-likeness (QED) is 0.312. The van der Waals surface area contributed by atoms with Crippen LogP contribution >= 0.6 is 24.0 Å². The molecule has 1 aromatic carbocycles. The van der Waals surface area contributed by atoms with E-state index in [1.807, 2.05) is 13.0 Å². The Morgan fingerprint density at radius 3 is 2.46 bits per heavy atom. The Balaban J connectivity index is 1.49. The molecule has 0 atom stereocenters. The van der Waals surface area contributed by atoms with Gasteiger partial charge in [-0.1, -0.05) is 54.3 Å². The Morgan fingerprint density at radius 2 is 1.82 bits per heavy atom. The minimum absolute atomic E-state index is 0.0978. The summed E-state index contributed by atoms with van der Waals surface area (Å²) in [5, 5.41) is 9.84. The highest BCUT2D eigenvalue weighted by molar-refractivity contribution is 8.26. The van der Waals surface area contributed by atoms with Gasteiger partial charge in [0.25, 0.3) is 11.5 Å². The van der Waals surface area contributed by atoms with E-state index in [1.165, 1.54) is 22.2 Å². The number of amides is 1. The van der Waals surface area contributed by atoms with Gasteiger partial charge in [-0.05, 0) is 43.2 Å². The first-order valence-corrected chi connectivity index (χ1v) is 14.1. The predicted octanol–water partition coefficient (Wildman–Crippen LogP) is 4.36. The molecule has 1 amide bonds. The molecule has 10 heteroatoms. The van der Waals surface area contributed by atoms with E-state index < -0.39 is 0 Å². The van der Waals surface area contributed by atoms with Crippen molar-refractivity contribution in [2.24, 2.45) is 0 Å². The van der Waals surface area contributed by atoms with Crippen LogP contribution in [0.1, 0.15) is 34.9 Å². The summed E-state index contributed by atoms with van der Waals surface area (Å²) >= 11 is 6.75. The van der Waals surface area contributed by atoms with Crippen molar-refractivity contribution in [3.05, 3.63) is 92.0 Å². The predicted molar refractivity (Wildman–Crippen MR) is 157 cm³/mol. The average Bonchev–Trinajstić information content (AvgIpc) is 3.55. The zero-order chi connectivity index (χ0) is 27.5. The molecule has 0 unspecified atom stereocenters. The first kappa shape index (κ1) is 26.9. The topological polar surface area (TPSA) is 85.7 Å². The van der Waals surface area contributed by atoms with Crippen LogP contribution in [-0.4, -0.2) is 50.8 Å². The smallest absolute Gasteiger partial charge is 0.270 e. The van der Waals surface area contributed by atoms with Crippen LogP contribution in [0.5, 0.6) is 0 Å². The fourth-order valence-corrected chi connectivity index (χ4v) is 6.30. The number of hydrogen-bond donors (Lipinski definition) is 0. The number of hydrogen-bond acceptors (Lipinski definition) is 8. The summed E-state index contributed by atoms with van der Waals surface area (Å²) in [5.74, 6) is 1.17. The minimum atomic E-state index is -0.304. The number of pyridine rings is 1. The number of carbonyl (C=O) groups is 1. The van der Waals surface area contributed by atoms with Crippen LogP contribution in [-0.2, 0) is 24.4 Å². The van der Waals surface area contributed by atoms with Crippen LogP contribution in [0.3, 0.4) is 0 Å². The van der Waals surface area contributed by atoms with Crippen molar-refractivity contribution in [3.8, 4) is 6.07 Å². The standard InChI is InChI=1S/C29H29N5O3S2/c1-3-33-26(32-13-11-31(12-14-32)18-21-8-5-4-6-9-21)23(20(2)24(17-30)27(33)35)16-25-28(36)34(29(38)39-25)19-22-10-7-15-37-22/h4-10,15-16H,3,11-14,18-19H2,1-2H3. The highest BCUT2D eigenvalue weighted by atomic mass is 32.2. The van der Waals surface area contributed by atoms with Crippen molar-refractivity contribution in [1.29, 1.82) is 5.26 Å². The first-order valence-electron chi connectivity index (χ1n) is 12.9. The number of nitriles is 1. The number of piperazine rings is 1. The molecule has 200 valence electrons. The van der Waals surface area contributed by atoms with E-state index >= 15 is 0 Å². The number of benzene rings is 1. The summed E-state index contributed by atoms with van der Waals surface area (Å²) < 4.78 is 7.52. The fraction of sp³-hybridized carbons (Fsp3) is 0.310. The molecular formula is C29H29N5O3S2. The minimum Gasteiger partial charge on any atom is -0.467 e. The molecule has 0 radical (unpaired) electrons. The van der Waals surface area contributed by atoms with Gasteiger partial charge in [-0.25, -0.2) is 0 Å². The normalized spacial score (nSPS) is 17.3. The number of aromatic nitrogens is 1. The number of furan rings is 1. The lowest BCUT2D eigenvalue weighted by Gasteiger charge is -2.38. The second kappa shape index (κ2) is 11.6. The number of nitrogens with zero attached hydrogens (tertiary/aromatic N) is 5. The Bertz CT molecular complexity index is 1510. The van der Waals surface area contributed by atoms with Gasteiger partial charge in [-0.3, -0.25) is 24.0 Å². The molecule has 0 N–H and O–H groups in total. The molecule has 0 aliphatic carbocycles. The number of anilines is 1. The van der Waals surface area contributed by atoms with Gasteiger partial charge in [0.05, 0.1) is 17.7 Å². The van der Waals surface area contributed by atoms with Crippen molar-refractivity contribution in [2.45, 2.75) is 33.5 Å². The summed E-state index contributed by atoms with van der Waals surface area (Å²) in [5.41, 5.74) is 2.35. The van der Waals surface area contributed by atoms with Crippen LogP contribution in [0.4, 0.5) is 5.82 Å². The molecule has 2 fully saturated rings. The lowest BCUT2D eigenvalue weighted by atomic mass is 10.0. The molecule has 4 heterocycles. The third kappa shape index (κ3) is 5.43. The van der Waals surface area contributed by atoms with E-state index in [-0.39, 0.29) is 23.6 Å². The van der Waals surface area contributed by atoms with Crippen molar-refractivity contribution in [3.63, 3.8) is 0 Å². The van der Waals surface area contributed by atoms with Crippen molar-refractivity contribution >= 4 is 46.1 Å². The van der Waals surface area contributed by atoms with Crippen LogP contribution in [0.25, 0.3) is 6.08 Å². The fourth-order valence-electron chi connectivity index (χ4n) is 5.06. The van der Waals surface area contributed by atoms with Gasteiger partial charge < -0.3 is 9.32 Å². The van der Waals surface area contributed by atoms with Crippen LogP contribution in [0.15, 0.2) is 62.8 Å². The number of carbonyl (C=O) groups excluding carboxylic acids is 1. The third-order valence-corrected chi connectivity index (χ3v) is 8.50. The van der Waals surface area contributed by atoms with E-state index in [1.54, 1.807) is 36.0 Å². The maximum atomic E-state index is 13.4. The highest BCUT2D eigenvalue weighted by Crippen LogP contribution is 2.36. The van der Waals surface area contributed by atoms with Crippen LogP contribution < -0.4 is 10.5 Å².